The van der Waals surface area contributed by atoms with E-state index in [1.807, 2.05) is 0 Å². The third-order valence-electron chi connectivity index (χ3n) is 5.26. The number of benzene rings is 1. The first-order valence-electron chi connectivity index (χ1n) is 8.49. The van der Waals surface area contributed by atoms with Crippen LogP contribution in [0, 0.1) is 17.7 Å². The molecule has 0 aromatic heterocycles. The molecule has 6 heteroatoms. The maximum absolute atomic E-state index is 13.5. The average molecular weight is 343 g/mol. The first kappa shape index (κ1) is 17.2. The number of hydrogen-bond acceptors (Lipinski definition) is 1. The summed E-state index contributed by atoms with van der Waals surface area (Å²) >= 11 is 0. The van der Waals surface area contributed by atoms with Gasteiger partial charge in [0.05, 0.1) is 12.0 Å². The Balaban J connectivity index is 1.74. The minimum absolute atomic E-state index is 0.112. The second kappa shape index (κ2) is 6.73. The molecule has 1 amide bonds. The predicted molar refractivity (Wildman–Crippen MR) is 81.6 cm³/mol. The van der Waals surface area contributed by atoms with E-state index in [0.717, 1.165) is 18.4 Å². The molecule has 0 spiro atoms. The van der Waals surface area contributed by atoms with Gasteiger partial charge in [-0.3, -0.25) is 4.79 Å². The standard InChI is InChI=1S/C18H21F4NO/c19-15-7-2-4-12(11-15)16-8-3-9-23(16)17(24)13-5-1-6-14(10-13)18(20,21)22/h2,4,7,11,13-14,16H,1,3,5-6,8-10H2. The van der Waals surface area contributed by atoms with Crippen molar-refractivity contribution in [1.29, 1.82) is 0 Å². The van der Waals surface area contributed by atoms with Gasteiger partial charge < -0.3 is 4.90 Å². The summed E-state index contributed by atoms with van der Waals surface area (Å²) in [5.41, 5.74) is 0.726. The molecule has 1 aromatic carbocycles. The summed E-state index contributed by atoms with van der Waals surface area (Å²) in [5.74, 6) is -2.51. The molecule has 2 fully saturated rings. The first-order chi connectivity index (χ1) is 11.4. The van der Waals surface area contributed by atoms with Crippen LogP contribution in [-0.4, -0.2) is 23.5 Å². The summed E-state index contributed by atoms with van der Waals surface area (Å²) < 4.78 is 52.4. The van der Waals surface area contributed by atoms with Gasteiger partial charge in [-0.25, -0.2) is 4.39 Å². The fourth-order valence-corrected chi connectivity index (χ4v) is 4.04. The van der Waals surface area contributed by atoms with Gasteiger partial charge >= 0.3 is 6.18 Å². The summed E-state index contributed by atoms with van der Waals surface area (Å²) in [6, 6.07) is 5.92. The second-order valence-corrected chi connectivity index (χ2v) is 6.85. The van der Waals surface area contributed by atoms with Gasteiger partial charge in [-0.05, 0) is 49.8 Å². The van der Waals surface area contributed by atoms with Crippen molar-refractivity contribution in [3.8, 4) is 0 Å². The lowest BCUT2D eigenvalue weighted by Gasteiger charge is -2.34. The molecule has 0 radical (unpaired) electrons. The van der Waals surface area contributed by atoms with Crippen molar-refractivity contribution in [2.75, 3.05) is 6.54 Å². The van der Waals surface area contributed by atoms with Crippen LogP contribution >= 0.6 is 0 Å². The van der Waals surface area contributed by atoms with Crippen molar-refractivity contribution in [1.82, 2.24) is 4.90 Å². The van der Waals surface area contributed by atoms with E-state index in [0.29, 0.717) is 19.4 Å². The number of amides is 1. The molecule has 2 nitrogen and oxygen atoms in total. The van der Waals surface area contributed by atoms with E-state index in [4.69, 9.17) is 0 Å². The Morgan fingerprint density at radius 2 is 1.92 bits per heavy atom. The van der Waals surface area contributed by atoms with Gasteiger partial charge in [0.25, 0.3) is 0 Å². The maximum Gasteiger partial charge on any atom is 0.391 e. The van der Waals surface area contributed by atoms with Gasteiger partial charge in [0.15, 0.2) is 0 Å². The Labute approximate surface area is 138 Å². The Bertz CT molecular complexity index is 601. The highest BCUT2D eigenvalue weighted by Crippen LogP contribution is 2.42. The van der Waals surface area contributed by atoms with Crippen molar-refractivity contribution in [2.45, 2.75) is 50.7 Å². The third-order valence-corrected chi connectivity index (χ3v) is 5.26. The topological polar surface area (TPSA) is 20.3 Å². The van der Waals surface area contributed by atoms with Gasteiger partial charge in [0.2, 0.25) is 5.91 Å². The molecule has 0 N–H and O–H groups in total. The lowest BCUT2D eigenvalue weighted by molar-refractivity contribution is -0.187. The summed E-state index contributed by atoms with van der Waals surface area (Å²) in [6.07, 6.45) is -1.77. The van der Waals surface area contributed by atoms with Gasteiger partial charge in [-0.2, -0.15) is 13.2 Å². The SMILES string of the molecule is O=C(C1CCCC(C(F)(F)F)C1)N1CCCC1c1cccc(F)c1. The van der Waals surface area contributed by atoms with Crippen LogP contribution in [0.5, 0.6) is 0 Å². The summed E-state index contributed by atoms with van der Waals surface area (Å²) in [7, 11) is 0. The van der Waals surface area contributed by atoms with Crippen molar-refractivity contribution >= 4 is 5.91 Å². The minimum atomic E-state index is -4.23. The van der Waals surface area contributed by atoms with Crippen LogP contribution in [0.2, 0.25) is 0 Å². The number of carbonyl (C=O) groups excluding carboxylic acids is 1. The molecule has 24 heavy (non-hydrogen) atoms. The van der Waals surface area contributed by atoms with E-state index in [-0.39, 0.29) is 30.6 Å². The molecule has 2 aliphatic rings. The Morgan fingerprint density at radius 1 is 1.12 bits per heavy atom. The van der Waals surface area contributed by atoms with E-state index in [9.17, 15) is 22.4 Å². The minimum Gasteiger partial charge on any atom is -0.335 e. The maximum atomic E-state index is 13.5. The Morgan fingerprint density at radius 3 is 2.62 bits per heavy atom. The van der Waals surface area contributed by atoms with Crippen LogP contribution in [0.15, 0.2) is 24.3 Å². The fourth-order valence-electron chi connectivity index (χ4n) is 4.04. The smallest absolute Gasteiger partial charge is 0.335 e. The van der Waals surface area contributed by atoms with Gasteiger partial charge in [0.1, 0.15) is 5.82 Å². The predicted octanol–water partition coefficient (Wildman–Crippen LogP) is 4.86. The second-order valence-electron chi connectivity index (χ2n) is 6.85. The van der Waals surface area contributed by atoms with Crippen LogP contribution in [0.1, 0.15) is 50.1 Å². The molecular weight excluding hydrogens is 322 g/mol. The van der Waals surface area contributed by atoms with Crippen LogP contribution in [0.4, 0.5) is 17.6 Å². The molecule has 1 heterocycles. The number of carbonyl (C=O) groups is 1. The molecule has 1 aliphatic carbocycles. The number of alkyl halides is 3. The number of hydrogen-bond donors (Lipinski definition) is 0. The highest BCUT2D eigenvalue weighted by Gasteiger charge is 2.45. The first-order valence-corrected chi connectivity index (χ1v) is 8.49. The molecular formula is C18H21F4NO. The molecule has 0 bridgehead atoms. The zero-order valence-corrected chi connectivity index (χ0v) is 13.4. The summed E-state index contributed by atoms with van der Waals surface area (Å²) in [5, 5.41) is 0. The quantitative estimate of drug-likeness (QED) is 0.703. The Hall–Kier alpha value is -1.59. The van der Waals surface area contributed by atoms with E-state index in [2.05, 4.69) is 0 Å². The van der Waals surface area contributed by atoms with Crippen LogP contribution in [0.3, 0.4) is 0 Å². The molecule has 3 rings (SSSR count). The average Bonchev–Trinajstić information content (AvgIpc) is 3.03. The lowest BCUT2D eigenvalue weighted by Crippen LogP contribution is -2.40. The molecule has 132 valence electrons. The van der Waals surface area contributed by atoms with Crippen molar-refractivity contribution in [3.63, 3.8) is 0 Å². The molecule has 1 aromatic rings. The van der Waals surface area contributed by atoms with E-state index in [1.165, 1.54) is 12.1 Å². The number of halogens is 4. The molecule has 1 saturated carbocycles. The normalized spacial score (nSPS) is 28.2. The fraction of sp³-hybridized carbons (Fsp3) is 0.611. The van der Waals surface area contributed by atoms with Gasteiger partial charge in [-0.1, -0.05) is 18.6 Å². The molecule has 1 saturated heterocycles. The molecule has 1 aliphatic heterocycles. The zero-order valence-electron chi connectivity index (χ0n) is 13.4. The van der Waals surface area contributed by atoms with Crippen LogP contribution in [0.25, 0.3) is 0 Å². The van der Waals surface area contributed by atoms with Crippen LogP contribution < -0.4 is 0 Å². The number of nitrogens with zero attached hydrogens (tertiary/aromatic N) is 1. The van der Waals surface area contributed by atoms with E-state index < -0.39 is 18.0 Å². The monoisotopic (exact) mass is 343 g/mol. The lowest BCUT2D eigenvalue weighted by atomic mass is 9.80. The summed E-state index contributed by atoms with van der Waals surface area (Å²) in [6.45, 7) is 0.535. The third kappa shape index (κ3) is 3.57. The summed E-state index contributed by atoms with van der Waals surface area (Å²) in [4.78, 5) is 14.5. The van der Waals surface area contributed by atoms with Gasteiger partial charge in [0, 0.05) is 12.5 Å². The van der Waals surface area contributed by atoms with Gasteiger partial charge in [-0.15, -0.1) is 0 Å². The molecule has 3 unspecified atom stereocenters. The van der Waals surface area contributed by atoms with Crippen molar-refractivity contribution in [3.05, 3.63) is 35.6 Å². The highest BCUT2D eigenvalue weighted by atomic mass is 19.4. The number of likely N-dealkylation sites (tertiary alicyclic amines) is 1. The van der Waals surface area contributed by atoms with Crippen LogP contribution in [-0.2, 0) is 4.79 Å². The largest absolute Gasteiger partial charge is 0.391 e. The highest BCUT2D eigenvalue weighted by molar-refractivity contribution is 5.79. The van der Waals surface area contributed by atoms with Crippen molar-refractivity contribution in [2.24, 2.45) is 11.8 Å². The van der Waals surface area contributed by atoms with Crippen molar-refractivity contribution < 1.29 is 22.4 Å². The zero-order chi connectivity index (χ0) is 17.3. The Kier molecular flexibility index (Phi) is 4.83. The number of rotatable bonds is 2. The molecule has 3 atom stereocenters. The van der Waals surface area contributed by atoms with E-state index >= 15 is 0 Å². The van der Waals surface area contributed by atoms with E-state index in [1.54, 1.807) is 17.0 Å².